The lowest BCUT2D eigenvalue weighted by Crippen LogP contribution is -2.39. The van der Waals surface area contributed by atoms with E-state index in [-0.39, 0.29) is 6.04 Å². The number of hydrogen-bond donors (Lipinski definition) is 2. The molecule has 0 saturated carbocycles. The van der Waals surface area contributed by atoms with Gasteiger partial charge in [-0.15, -0.1) is 0 Å². The van der Waals surface area contributed by atoms with Crippen LogP contribution in [0.2, 0.25) is 0 Å². The number of hydrogen-bond acceptors (Lipinski definition) is 3. The molecule has 3 rings (SSSR count). The summed E-state index contributed by atoms with van der Waals surface area (Å²) in [5, 5.41) is 11.5. The molecule has 1 aromatic carbocycles. The Labute approximate surface area is 175 Å². The first kappa shape index (κ1) is 21.2. The molecule has 0 spiro atoms. The zero-order valence-electron chi connectivity index (χ0n) is 18.6. The number of anilines is 1. The van der Waals surface area contributed by atoms with Gasteiger partial charge in [0.1, 0.15) is 0 Å². The van der Waals surface area contributed by atoms with Gasteiger partial charge in [0.05, 0.1) is 11.7 Å². The molecule has 0 aliphatic carbocycles. The molecule has 158 valence electrons. The third-order valence-electron chi connectivity index (χ3n) is 5.83. The zero-order chi connectivity index (χ0) is 20.8. The van der Waals surface area contributed by atoms with E-state index < -0.39 is 0 Å². The van der Waals surface area contributed by atoms with Gasteiger partial charge in [0.25, 0.3) is 0 Å². The maximum absolute atomic E-state index is 4.81. The van der Waals surface area contributed by atoms with Gasteiger partial charge in [-0.25, -0.2) is 0 Å². The highest BCUT2D eigenvalue weighted by molar-refractivity contribution is 5.80. The number of rotatable bonds is 7. The Kier molecular flexibility index (Phi) is 7.18. The Morgan fingerprint density at radius 1 is 1.24 bits per heavy atom. The zero-order valence-corrected chi connectivity index (χ0v) is 18.6. The summed E-state index contributed by atoms with van der Waals surface area (Å²) >= 11 is 0. The van der Waals surface area contributed by atoms with Gasteiger partial charge >= 0.3 is 0 Å². The Hall–Kier alpha value is -2.50. The molecular weight excluding hydrogens is 360 g/mol. The predicted molar refractivity (Wildman–Crippen MR) is 122 cm³/mol. The fourth-order valence-electron chi connectivity index (χ4n) is 4.03. The quantitative estimate of drug-likeness (QED) is 0.556. The smallest absolute Gasteiger partial charge is 0.191 e. The Morgan fingerprint density at radius 2 is 2.00 bits per heavy atom. The highest BCUT2D eigenvalue weighted by Gasteiger charge is 2.15. The Bertz CT molecular complexity index is 832. The van der Waals surface area contributed by atoms with Crippen LogP contribution in [0.3, 0.4) is 0 Å². The summed E-state index contributed by atoms with van der Waals surface area (Å²) in [4.78, 5) is 7.29. The molecule has 1 fully saturated rings. The molecule has 0 amide bonds. The number of benzene rings is 1. The van der Waals surface area contributed by atoms with Crippen LogP contribution in [0.15, 0.2) is 29.3 Å². The lowest BCUT2D eigenvalue weighted by Gasteiger charge is -2.22. The molecule has 2 heterocycles. The summed E-state index contributed by atoms with van der Waals surface area (Å²) in [6, 6.07) is 9.09. The molecule has 29 heavy (non-hydrogen) atoms. The minimum Gasteiger partial charge on any atom is -0.372 e. The van der Waals surface area contributed by atoms with E-state index in [1.165, 1.54) is 48.4 Å². The fourth-order valence-corrected chi connectivity index (χ4v) is 4.03. The van der Waals surface area contributed by atoms with Crippen LogP contribution < -0.4 is 15.5 Å². The molecular formula is C23H36N6. The molecule has 1 aromatic heterocycles. The van der Waals surface area contributed by atoms with Gasteiger partial charge in [0, 0.05) is 44.6 Å². The lowest BCUT2D eigenvalue weighted by molar-refractivity contribution is 0.685. The highest BCUT2D eigenvalue weighted by Crippen LogP contribution is 2.24. The van der Waals surface area contributed by atoms with Crippen LogP contribution in [-0.4, -0.2) is 41.9 Å². The van der Waals surface area contributed by atoms with Gasteiger partial charge in [-0.3, -0.25) is 9.67 Å². The number of aryl methyl sites for hydroxylation is 2. The number of nitrogens with one attached hydrogen (secondary N) is 2. The second kappa shape index (κ2) is 9.81. The van der Waals surface area contributed by atoms with Crippen molar-refractivity contribution in [2.24, 2.45) is 12.0 Å². The molecule has 2 aromatic rings. The molecule has 1 saturated heterocycles. The van der Waals surface area contributed by atoms with Gasteiger partial charge in [0.15, 0.2) is 5.96 Å². The van der Waals surface area contributed by atoms with E-state index in [2.05, 4.69) is 72.6 Å². The first-order chi connectivity index (χ1) is 14.0. The van der Waals surface area contributed by atoms with E-state index in [1.54, 1.807) is 0 Å². The van der Waals surface area contributed by atoms with Crippen LogP contribution in [0.4, 0.5) is 5.69 Å². The summed E-state index contributed by atoms with van der Waals surface area (Å²) in [5.41, 5.74) is 6.25. The number of aromatic nitrogens is 2. The monoisotopic (exact) mass is 396 g/mol. The fraction of sp³-hybridized carbons (Fsp3) is 0.565. The average molecular weight is 397 g/mol. The third-order valence-corrected chi connectivity index (χ3v) is 5.83. The SMILES string of the molecule is CCNC(=NCCc1c(C)nn(C)c1C)NC(C)c1cccc(N2CCCC2)c1. The van der Waals surface area contributed by atoms with Crippen molar-refractivity contribution < 1.29 is 0 Å². The van der Waals surface area contributed by atoms with Gasteiger partial charge in [-0.2, -0.15) is 5.10 Å². The summed E-state index contributed by atoms with van der Waals surface area (Å²) in [5.74, 6) is 0.866. The van der Waals surface area contributed by atoms with Crippen LogP contribution in [0.25, 0.3) is 0 Å². The van der Waals surface area contributed by atoms with Crippen molar-refractivity contribution in [3.8, 4) is 0 Å². The molecule has 0 radical (unpaired) electrons. The Balaban J connectivity index is 1.64. The normalized spacial score (nSPS) is 15.6. The van der Waals surface area contributed by atoms with Crippen molar-refractivity contribution in [3.63, 3.8) is 0 Å². The molecule has 6 nitrogen and oxygen atoms in total. The largest absolute Gasteiger partial charge is 0.372 e. The van der Waals surface area contributed by atoms with Crippen molar-refractivity contribution in [1.29, 1.82) is 0 Å². The maximum Gasteiger partial charge on any atom is 0.191 e. The second-order valence-corrected chi connectivity index (χ2v) is 7.94. The van der Waals surface area contributed by atoms with Crippen molar-refractivity contribution in [1.82, 2.24) is 20.4 Å². The van der Waals surface area contributed by atoms with E-state index in [9.17, 15) is 0 Å². The van der Waals surface area contributed by atoms with Crippen molar-refractivity contribution >= 4 is 11.6 Å². The van der Waals surface area contributed by atoms with Gasteiger partial charge in [0.2, 0.25) is 0 Å². The van der Waals surface area contributed by atoms with Crippen LogP contribution in [0, 0.1) is 13.8 Å². The topological polar surface area (TPSA) is 57.5 Å². The summed E-state index contributed by atoms with van der Waals surface area (Å²) < 4.78 is 1.95. The average Bonchev–Trinajstić information content (AvgIpc) is 3.32. The summed E-state index contributed by atoms with van der Waals surface area (Å²) in [6.45, 7) is 12.4. The minimum absolute atomic E-state index is 0.192. The number of aliphatic imine (C=N–C) groups is 1. The summed E-state index contributed by atoms with van der Waals surface area (Å²) in [7, 11) is 2.00. The highest BCUT2D eigenvalue weighted by atomic mass is 15.3. The standard InChI is InChI=1S/C23H36N6/c1-6-24-23(25-13-12-22-18(3)27-28(5)19(22)4)26-17(2)20-10-9-11-21(16-20)29-14-7-8-15-29/h9-11,16-17H,6-8,12-15H2,1-5H3,(H2,24,25,26). The lowest BCUT2D eigenvalue weighted by atomic mass is 10.1. The maximum atomic E-state index is 4.81. The van der Waals surface area contributed by atoms with Gasteiger partial charge in [-0.05, 0) is 70.2 Å². The van der Waals surface area contributed by atoms with E-state index in [1.807, 2.05) is 11.7 Å². The Morgan fingerprint density at radius 3 is 2.66 bits per heavy atom. The van der Waals surface area contributed by atoms with Crippen LogP contribution >= 0.6 is 0 Å². The molecule has 1 unspecified atom stereocenters. The van der Waals surface area contributed by atoms with Crippen LogP contribution in [-0.2, 0) is 13.5 Å². The van der Waals surface area contributed by atoms with Gasteiger partial charge in [-0.1, -0.05) is 12.1 Å². The minimum atomic E-state index is 0.192. The van der Waals surface area contributed by atoms with E-state index in [4.69, 9.17) is 4.99 Å². The predicted octanol–water partition coefficient (Wildman–Crippen LogP) is 3.50. The molecule has 1 aliphatic heterocycles. The second-order valence-electron chi connectivity index (χ2n) is 7.94. The van der Waals surface area contributed by atoms with Crippen molar-refractivity contribution in [2.45, 2.75) is 53.0 Å². The first-order valence-electron chi connectivity index (χ1n) is 10.9. The van der Waals surface area contributed by atoms with Crippen molar-refractivity contribution in [3.05, 3.63) is 46.8 Å². The van der Waals surface area contributed by atoms with Crippen LogP contribution in [0.5, 0.6) is 0 Å². The molecule has 2 N–H and O–H groups in total. The first-order valence-corrected chi connectivity index (χ1v) is 10.9. The summed E-state index contributed by atoms with van der Waals surface area (Å²) in [6.07, 6.45) is 3.50. The molecule has 1 atom stereocenters. The van der Waals surface area contributed by atoms with Crippen LogP contribution in [0.1, 0.15) is 55.2 Å². The van der Waals surface area contributed by atoms with E-state index in [0.29, 0.717) is 0 Å². The number of guanidine groups is 1. The van der Waals surface area contributed by atoms with Crippen molar-refractivity contribution in [2.75, 3.05) is 31.1 Å². The third kappa shape index (κ3) is 5.31. The van der Waals surface area contributed by atoms with E-state index >= 15 is 0 Å². The molecule has 6 heteroatoms. The molecule has 1 aliphatic rings. The number of nitrogens with zero attached hydrogens (tertiary/aromatic N) is 4. The van der Waals surface area contributed by atoms with E-state index in [0.717, 1.165) is 31.2 Å². The molecule has 0 bridgehead atoms. The van der Waals surface area contributed by atoms with Gasteiger partial charge < -0.3 is 15.5 Å².